The topological polar surface area (TPSA) is 89.0 Å². The zero-order valence-electron chi connectivity index (χ0n) is 22.7. The molecule has 1 N–H and O–H groups in total. The fraction of sp³-hybridized carbons (Fsp3) is 0.176. The van der Waals surface area contributed by atoms with Gasteiger partial charge in [0, 0.05) is 10.8 Å². The Hall–Kier alpha value is -4.84. The van der Waals surface area contributed by atoms with E-state index >= 15 is 0 Å². The fourth-order valence-electron chi connectivity index (χ4n) is 5.65. The molecule has 0 aliphatic carbocycles. The van der Waals surface area contributed by atoms with Gasteiger partial charge in [0.1, 0.15) is 0 Å². The van der Waals surface area contributed by atoms with Gasteiger partial charge in [0.15, 0.2) is 0 Å². The van der Waals surface area contributed by atoms with Gasteiger partial charge in [-0.2, -0.15) is 0 Å². The number of hydrogen-bond donors (Lipinski definition) is 1. The number of nitrogens with zero attached hydrogens (tertiary/aromatic N) is 1. The first-order valence-electron chi connectivity index (χ1n) is 13.2. The number of nitrogens with one attached hydrogen (secondary N) is 1. The van der Waals surface area contributed by atoms with Crippen LogP contribution in [0.2, 0.25) is 0 Å². The summed E-state index contributed by atoms with van der Waals surface area (Å²) in [6.07, 6.45) is 0. The summed E-state index contributed by atoms with van der Waals surface area (Å²) in [4.78, 5) is 52.7. The number of aromatic nitrogens is 2. The van der Waals surface area contributed by atoms with Crippen LogP contribution in [-0.2, 0) is 10.8 Å². The van der Waals surface area contributed by atoms with Crippen molar-refractivity contribution in [3.8, 4) is 5.69 Å². The van der Waals surface area contributed by atoms with Crippen LogP contribution in [0.4, 0.5) is 0 Å². The molecule has 4 aromatic carbocycles. The molecule has 2 aromatic heterocycles. The van der Waals surface area contributed by atoms with Crippen LogP contribution in [0.1, 0.15) is 49.9 Å². The quantitative estimate of drug-likeness (QED) is 0.338. The summed E-state index contributed by atoms with van der Waals surface area (Å²) in [6, 6.07) is 29.2. The van der Waals surface area contributed by atoms with Gasteiger partial charge in [0.2, 0.25) is 0 Å². The molecular weight excluding hydrogens is 500 g/mol. The summed E-state index contributed by atoms with van der Waals surface area (Å²) in [6.45, 7) is 8.73. The van der Waals surface area contributed by atoms with Crippen molar-refractivity contribution in [1.29, 1.82) is 0 Å². The average Bonchev–Trinajstić information content (AvgIpc) is 3.38. The van der Waals surface area contributed by atoms with E-state index in [-0.39, 0.29) is 32.4 Å². The van der Waals surface area contributed by atoms with E-state index in [1.165, 1.54) is 23.3 Å². The summed E-state index contributed by atoms with van der Waals surface area (Å²) in [5, 5.41) is 0.470. The van der Waals surface area contributed by atoms with Crippen molar-refractivity contribution < 1.29 is 0 Å². The second-order valence-electron chi connectivity index (χ2n) is 11.4. The molecule has 0 aliphatic rings. The highest BCUT2D eigenvalue weighted by molar-refractivity contribution is 5.97. The largest absolute Gasteiger partial charge is 0.288 e. The molecule has 6 heteroatoms. The van der Waals surface area contributed by atoms with Gasteiger partial charge in [-0.05, 0) is 46.5 Å². The third-order valence-corrected chi connectivity index (χ3v) is 8.41. The molecular formula is C34H28N2O4. The van der Waals surface area contributed by atoms with Gasteiger partial charge >= 0.3 is 0 Å². The van der Waals surface area contributed by atoms with Crippen LogP contribution in [0.15, 0.2) is 110 Å². The fourth-order valence-corrected chi connectivity index (χ4v) is 5.65. The van der Waals surface area contributed by atoms with E-state index in [2.05, 4.69) is 81.2 Å². The lowest BCUT2D eigenvalue weighted by atomic mass is 9.74. The zero-order valence-corrected chi connectivity index (χ0v) is 22.7. The standard InChI is InChI=1S/C34H28N2O4/c1-33(2,20-8-6-5-7-9-20)21-10-12-22(13-11-21)34(3,4)23-14-16-24(17-15-23)36-31(39)27-18-25-26(19-28(27)32(36)40)30(38)35-29(25)37/h5-19H,1-4H3,(H,35,37,38). The van der Waals surface area contributed by atoms with Crippen molar-refractivity contribution in [3.05, 3.63) is 155 Å². The average molecular weight is 529 g/mol. The Morgan fingerprint density at radius 2 is 0.875 bits per heavy atom. The molecule has 0 saturated carbocycles. The van der Waals surface area contributed by atoms with Gasteiger partial charge in [-0.3, -0.25) is 24.2 Å². The molecule has 6 nitrogen and oxygen atoms in total. The first kappa shape index (κ1) is 25.4. The summed E-state index contributed by atoms with van der Waals surface area (Å²) >= 11 is 0. The molecule has 0 atom stereocenters. The minimum absolute atomic E-state index is 0.113. The Kier molecular flexibility index (Phi) is 5.63. The summed E-state index contributed by atoms with van der Waals surface area (Å²) in [5.74, 6) is 0. The molecule has 2 heterocycles. The second kappa shape index (κ2) is 8.85. The van der Waals surface area contributed by atoms with Crippen molar-refractivity contribution in [3.63, 3.8) is 0 Å². The molecule has 0 spiro atoms. The Morgan fingerprint density at radius 1 is 0.500 bits per heavy atom. The van der Waals surface area contributed by atoms with Crippen LogP contribution in [-0.4, -0.2) is 9.55 Å². The minimum atomic E-state index is -0.565. The maximum Gasteiger partial charge on any atom is 0.266 e. The van der Waals surface area contributed by atoms with Crippen LogP contribution in [0, 0.1) is 0 Å². The van der Waals surface area contributed by atoms with Crippen molar-refractivity contribution in [2.24, 2.45) is 0 Å². The van der Waals surface area contributed by atoms with E-state index in [1.807, 2.05) is 18.2 Å². The Labute approximate surface area is 229 Å². The first-order valence-corrected chi connectivity index (χ1v) is 13.2. The lowest BCUT2D eigenvalue weighted by Gasteiger charge is -2.29. The number of fused-ring (bicyclic) bond motifs is 2. The molecule has 6 rings (SSSR count). The van der Waals surface area contributed by atoms with Crippen LogP contribution >= 0.6 is 0 Å². The van der Waals surface area contributed by atoms with Crippen molar-refractivity contribution in [2.45, 2.75) is 38.5 Å². The first-order chi connectivity index (χ1) is 19.0. The molecule has 6 aromatic rings. The Balaban J connectivity index is 1.35. The monoisotopic (exact) mass is 528 g/mol. The lowest BCUT2D eigenvalue weighted by molar-refractivity contribution is 0.626. The van der Waals surface area contributed by atoms with Crippen molar-refractivity contribution >= 4 is 21.5 Å². The molecule has 198 valence electrons. The molecule has 0 radical (unpaired) electrons. The number of hydrogen-bond acceptors (Lipinski definition) is 4. The van der Waals surface area contributed by atoms with Crippen LogP contribution < -0.4 is 22.2 Å². The number of rotatable bonds is 5. The second-order valence-corrected chi connectivity index (χ2v) is 11.4. The molecule has 0 aliphatic heterocycles. The highest BCUT2D eigenvalue weighted by atomic mass is 16.2. The van der Waals surface area contributed by atoms with Gasteiger partial charge in [0.05, 0.1) is 27.2 Å². The normalized spacial score (nSPS) is 12.4. The third kappa shape index (κ3) is 3.79. The summed E-state index contributed by atoms with van der Waals surface area (Å²) < 4.78 is 1.10. The van der Waals surface area contributed by atoms with Crippen LogP contribution in [0.3, 0.4) is 0 Å². The van der Waals surface area contributed by atoms with Gasteiger partial charge < -0.3 is 0 Å². The maximum atomic E-state index is 13.2. The van der Waals surface area contributed by atoms with E-state index in [4.69, 9.17) is 0 Å². The molecule has 0 amide bonds. The molecule has 0 unspecified atom stereocenters. The van der Waals surface area contributed by atoms with Gasteiger partial charge in [0.25, 0.3) is 22.2 Å². The lowest BCUT2D eigenvalue weighted by Crippen LogP contribution is -2.24. The Morgan fingerprint density at radius 3 is 1.30 bits per heavy atom. The molecule has 0 saturated heterocycles. The van der Waals surface area contributed by atoms with Gasteiger partial charge in [-0.25, -0.2) is 4.57 Å². The SMILES string of the molecule is CC(C)(c1ccccc1)c1ccc(C(C)(C)c2ccc(-n3c(=O)c4cc5c(=O)[nH]c(=O)c5cc4c3=O)cc2)cc1. The zero-order chi connectivity index (χ0) is 28.4. The van der Waals surface area contributed by atoms with Crippen LogP contribution in [0.25, 0.3) is 27.2 Å². The smallest absolute Gasteiger partial charge is 0.266 e. The van der Waals surface area contributed by atoms with Crippen molar-refractivity contribution in [1.82, 2.24) is 9.55 Å². The molecule has 0 bridgehead atoms. The summed E-state index contributed by atoms with van der Waals surface area (Å²) in [5.41, 5.74) is 2.47. The van der Waals surface area contributed by atoms with Crippen LogP contribution in [0.5, 0.6) is 0 Å². The molecule has 40 heavy (non-hydrogen) atoms. The predicted molar refractivity (Wildman–Crippen MR) is 160 cm³/mol. The highest BCUT2D eigenvalue weighted by Crippen LogP contribution is 2.35. The van der Waals surface area contributed by atoms with E-state index in [0.717, 1.165) is 15.7 Å². The minimum Gasteiger partial charge on any atom is -0.288 e. The number of H-pyrrole nitrogens is 1. The van der Waals surface area contributed by atoms with E-state index in [0.29, 0.717) is 5.69 Å². The van der Waals surface area contributed by atoms with E-state index < -0.39 is 22.2 Å². The molecule has 0 fully saturated rings. The third-order valence-electron chi connectivity index (χ3n) is 8.41. The Bertz CT molecular complexity index is 2030. The van der Waals surface area contributed by atoms with E-state index in [9.17, 15) is 19.2 Å². The number of aromatic amines is 1. The maximum absolute atomic E-state index is 13.2. The number of benzene rings is 4. The van der Waals surface area contributed by atoms with E-state index in [1.54, 1.807) is 12.1 Å². The summed E-state index contributed by atoms with van der Waals surface area (Å²) in [7, 11) is 0. The van der Waals surface area contributed by atoms with Gasteiger partial charge in [-0.1, -0.05) is 94.4 Å². The van der Waals surface area contributed by atoms with Crippen molar-refractivity contribution in [2.75, 3.05) is 0 Å². The predicted octanol–water partition coefficient (Wildman–Crippen LogP) is 5.08. The van der Waals surface area contributed by atoms with Gasteiger partial charge in [-0.15, -0.1) is 0 Å². The highest BCUT2D eigenvalue weighted by Gasteiger charge is 2.27.